The molecule has 3 nitrogen and oxygen atoms in total. The van der Waals surface area contributed by atoms with Crippen molar-refractivity contribution in [2.24, 2.45) is 0 Å². The van der Waals surface area contributed by atoms with Crippen LogP contribution in [-0.4, -0.2) is 16.1 Å². The van der Waals surface area contributed by atoms with E-state index in [0.29, 0.717) is 10.0 Å². The summed E-state index contributed by atoms with van der Waals surface area (Å²) >= 11 is 12.0. The topological polar surface area (TPSA) is 53.1 Å². The number of halogens is 2. The molecule has 3 aromatic rings. The first-order valence-corrected chi connectivity index (χ1v) is 7.53. The van der Waals surface area contributed by atoms with Crippen molar-refractivity contribution >= 4 is 40.1 Å². The predicted molar refractivity (Wildman–Crippen MR) is 89.8 cm³/mol. The zero-order valence-electron chi connectivity index (χ0n) is 11.7. The molecule has 0 spiro atoms. The lowest BCUT2D eigenvalue weighted by Gasteiger charge is -2.09. The standard InChI is InChI=1S/C17H13Cl2NO2/c1-9(17(21)22)15-13-8-12(19)6-7-14(13)20-16(15)10-2-4-11(18)5-3-10/h2-9,20H,1H3,(H,21,22). The van der Waals surface area contributed by atoms with E-state index in [-0.39, 0.29) is 0 Å². The van der Waals surface area contributed by atoms with Gasteiger partial charge in [-0.2, -0.15) is 0 Å². The van der Waals surface area contributed by atoms with Crippen LogP contribution in [0.15, 0.2) is 42.5 Å². The summed E-state index contributed by atoms with van der Waals surface area (Å²) in [5, 5.41) is 11.5. The number of hydrogen-bond acceptors (Lipinski definition) is 1. The molecule has 0 amide bonds. The minimum absolute atomic E-state index is 0.577. The van der Waals surface area contributed by atoms with Crippen LogP contribution >= 0.6 is 23.2 Å². The third-order valence-corrected chi connectivity index (χ3v) is 4.22. The lowest BCUT2D eigenvalue weighted by molar-refractivity contribution is -0.138. The third-order valence-electron chi connectivity index (χ3n) is 3.74. The second-order valence-electron chi connectivity index (χ2n) is 5.17. The van der Waals surface area contributed by atoms with Crippen molar-refractivity contribution in [1.29, 1.82) is 0 Å². The normalized spacial score (nSPS) is 12.5. The Morgan fingerprint density at radius 1 is 1.09 bits per heavy atom. The molecule has 1 unspecified atom stereocenters. The molecule has 22 heavy (non-hydrogen) atoms. The molecular weight excluding hydrogens is 321 g/mol. The van der Waals surface area contributed by atoms with Gasteiger partial charge in [-0.1, -0.05) is 35.3 Å². The molecule has 0 aliphatic carbocycles. The van der Waals surface area contributed by atoms with Crippen LogP contribution in [-0.2, 0) is 4.79 Å². The number of aliphatic carboxylic acids is 1. The maximum atomic E-state index is 11.5. The Kier molecular flexibility index (Phi) is 3.85. The molecule has 2 aromatic carbocycles. The van der Waals surface area contributed by atoms with Crippen molar-refractivity contribution in [3.63, 3.8) is 0 Å². The van der Waals surface area contributed by atoms with E-state index in [1.54, 1.807) is 31.2 Å². The zero-order valence-corrected chi connectivity index (χ0v) is 13.2. The van der Waals surface area contributed by atoms with Gasteiger partial charge in [-0.3, -0.25) is 4.79 Å². The summed E-state index contributed by atoms with van der Waals surface area (Å²) in [5.74, 6) is -1.53. The summed E-state index contributed by atoms with van der Waals surface area (Å²) in [6, 6.07) is 12.7. The van der Waals surface area contributed by atoms with Crippen LogP contribution in [0.3, 0.4) is 0 Å². The Hall–Kier alpha value is -1.97. The van der Waals surface area contributed by atoms with Crippen LogP contribution in [0.2, 0.25) is 10.0 Å². The van der Waals surface area contributed by atoms with Crippen molar-refractivity contribution in [3.8, 4) is 11.3 Å². The fraction of sp³-hybridized carbons (Fsp3) is 0.118. The Labute approximate surface area is 137 Å². The number of rotatable bonds is 3. The van der Waals surface area contributed by atoms with E-state index in [1.165, 1.54) is 0 Å². The number of aromatic amines is 1. The van der Waals surface area contributed by atoms with Gasteiger partial charge in [0.05, 0.1) is 11.6 Å². The van der Waals surface area contributed by atoms with Crippen LogP contribution in [0, 0.1) is 0 Å². The molecule has 0 fully saturated rings. The van der Waals surface area contributed by atoms with Crippen molar-refractivity contribution in [2.45, 2.75) is 12.8 Å². The van der Waals surface area contributed by atoms with Gasteiger partial charge in [-0.15, -0.1) is 0 Å². The molecule has 1 heterocycles. The van der Waals surface area contributed by atoms with Gasteiger partial charge in [0.25, 0.3) is 0 Å². The number of H-pyrrole nitrogens is 1. The van der Waals surface area contributed by atoms with E-state index < -0.39 is 11.9 Å². The van der Waals surface area contributed by atoms with E-state index >= 15 is 0 Å². The zero-order chi connectivity index (χ0) is 15.9. The number of fused-ring (bicyclic) bond motifs is 1. The summed E-state index contributed by atoms with van der Waals surface area (Å²) in [6.07, 6.45) is 0. The summed E-state index contributed by atoms with van der Waals surface area (Å²) < 4.78 is 0. The molecule has 1 atom stereocenters. The number of nitrogens with one attached hydrogen (secondary N) is 1. The summed E-state index contributed by atoms with van der Waals surface area (Å²) in [7, 11) is 0. The number of carbonyl (C=O) groups is 1. The molecule has 112 valence electrons. The van der Waals surface area contributed by atoms with E-state index in [1.807, 2.05) is 18.2 Å². The van der Waals surface area contributed by atoms with Crippen molar-refractivity contribution in [3.05, 3.63) is 58.1 Å². The SMILES string of the molecule is CC(C(=O)O)c1c(-c2ccc(Cl)cc2)[nH]c2ccc(Cl)cc12. The molecule has 0 saturated carbocycles. The Balaban J connectivity index is 2.31. The largest absolute Gasteiger partial charge is 0.481 e. The average Bonchev–Trinajstić information content (AvgIpc) is 2.85. The minimum atomic E-state index is -0.879. The van der Waals surface area contributed by atoms with Gasteiger partial charge >= 0.3 is 5.97 Å². The second-order valence-corrected chi connectivity index (χ2v) is 6.04. The maximum Gasteiger partial charge on any atom is 0.310 e. The molecule has 2 N–H and O–H groups in total. The highest BCUT2D eigenvalue weighted by atomic mass is 35.5. The summed E-state index contributed by atoms with van der Waals surface area (Å²) in [4.78, 5) is 14.8. The van der Waals surface area contributed by atoms with Gasteiger partial charge in [0, 0.05) is 20.9 Å². The molecule has 0 aliphatic heterocycles. The second kappa shape index (κ2) is 5.67. The van der Waals surface area contributed by atoms with Crippen molar-refractivity contribution in [2.75, 3.05) is 0 Å². The van der Waals surface area contributed by atoms with Gasteiger partial charge in [0.15, 0.2) is 0 Å². The van der Waals surface area contributed by atoms with Gasteiger partial charge in [0.1, 0.15) is 0 Å². The number of hydrogen-bond donors (Lipinski definition) is 2. The highest BCUT2D eigenvalue weighted by Crippen LogP contribution is 2.37. The Morgan fingerprint density at radius 2 is 1.73 bits per heavy atom. The summed E-state index contributed by atoms with van der Waals surface area (Å²) in [5.41, 5.74) is 3.26. The first-order valence-electron chi connectivity index (χ1n) is 6.77. The molecule has 0 radical (unpaired) electrons. The smallest absolute Gasteiger partial charge is 0.310 e. The maximum absolute atomic E-state index is 11.5. The molecule has 1 aromatic heterocycles. The summed E-state index contributed by atoms with van der Waals surface area (Å²) in [6.45, 7) is 1.67. The molecule has 5 heteroatoms. The van der Waals surface area contributed by atoms with Crippen LogP contribution < -0.4 is 0 Å². The molecule has 0 bridgehead atoms. The van der Waals surface area contributed by atoms with Crippen LogP contribution in [0.5, 0.6) is 0 Å². The first-order chi connectivity index (χ1) is 10.5. The minimum Gasteiger partial charge on any atom is -0.481 e. The van der Waals surface area contributed by atoms with Gasteiger partial charge in [-0.05, 0) is 48.4 Å². The van der Waals surface area contributed by atoms with Gasteiger partial charge in [-0.25, -0.2) is 0 Å². The van der Waals surface area contributed by atoms with Crippen LogP contribution in [0.1, 0.15) is 18.4 Å². The Bertz CT molecular complexity index is 853. The average molecular weight is 334 g/mol. The number of benzene rings is 2. The highest BCUT2D eigenvalue weighted by Gasteiger charge is 2.23. The highest BCUT2D eigenvalue weighted by molar-refractivity contribution is 6.31. The van der Waals surface area contributed by atoms with Crippen molar-refractivity contribution in [1.82, 2.24) is 4.98 Å². The van der Waals surface area contributed by atoms with E-state index in [4.69, 9.17) is 23.2 Å². The molecule has 0 saturated heterocycles. The lowest BCUT2D eigenvalue weighted by Crippen LogP contribution is -2.08. The van der Waals surface area contributed by atoms with Gasteiger partial charge < -0.3 is 10.1 Å². The molecular formula is C17H13Cl2NO2. The first kappa shape index (κ1) is 14.9. The van der Waals surface area contributed by atoms with E-state index in [0.717, 1.165) is 27.7 Å². The van der Waals surface area contributed by atoms with E-state index in [9.17, 15) is 9.90 Å². The predicted octanol–water partition coefficient (Wildman–Crippen LogP) is 5.33. The van der Waals surface area contributed by atoms with Crippen LogP contribution in [0.4, 0.5) is 0 Å². The monoisotopic (exact) mass is 333 g/mol. The number of carboxylic acids is 1. The quantitative estimate of drug-likeness (QED) is 0.680. The fourth-order valence-electron chi connectivity index (χ4n) is 2.60. The van der Waals surface area contributed by atoms with Crippen LogP contribution in [0.25, 0.3) is 22.2 Å². The van der Waals surface area contributed by atoms with Crippen molar-refractivity contribution < 1.29 is 9.90 Å². The molecule has 0 aliphatic rings. The number of carboxylic acid groups (broad SMARTS) is 1. The van der Waals surface area contributed by atoms with E-state index in [2.05, 4.69) is 4.98 Å². The lowest BCUT2D eigenvalue weighted by atomic mass is 9.95. The molecule has 3 rings (SSSR count). The van der Waals surface area contributed by atoms with Gasteiger partial charge in [0.2, 0.25) is 0 Å². The fourth-order valence-corrected chi connectivity index (χ4v) is 2.90. The third kappa shape index (κ3) is 2.58. The number of aromatic nitrogens is 1. The Morgan fingerprint density at radius 3 is 2.36 bits per heavy atom.